The van der Waals surface area contributed by atoms with Crippen molar-refractivity contribution in [3.05, 3.63) is 0 Å². The Labute approximate surface area is 82.4 Å². The Balaban J connectivity index is 1.92. The Morgan fingerprint density at radius 3 is 2.71 bits per heavy atom. The van der Waals surface area contributed by atoms with Gasteiger partial charge in [0.2, 0.25) is 11.8 Å². The van der Waals surface area contributed by atoms with Crippen LogP contribution in [-0.4, -0.2) is 35.8 Å². The molecule has 1 unspecified atom stereocenters. The van der Waals surface area contributed by atoms with Crippen LogP contribution in [0.3, 0.4) is 0 Å². The standard InChI is InChI=1S/C9H15N3O2/c10-7(8(11)13)4-12-3-5-1-6(2-5)9(12)14/h5-7H,1-4,10H2,(H2,11,13). The first-order valence-electron chi connectivity index (χ1n) is 4.91. The van der Waals surface area contributed by atoms with Gasteiger partial charge in [0.05, 0.1) is 0 Å². The molecule has 5 nitrogen and oxygen atoms in total. The summed E-state index contributed by atoms with van der Waals surface area (Å²) in [5, 5.41) is 0. The summed E-state index contributed by atoms with van der Waals surface area (Å²) >= 11 is 0. The molecule has 1 aliphatic carbocycles. The van der Waals surface area contributed by atoms with E-state index in [4.69, 9.17) is 11.5 Å². The van der Waals surface area contributed by atoms with Gasteiger partial charge in [-0.2, -0.15) is 0 Å². The predicted molar refractivity (Wildman–Crippen MR) is 50.0 cm³/mol. The summed E-state index contributed by atoms with van der Waals surface area (Å²) in [4.78, 5) is 24.0. The van der Waals surface area contributed by atoms with Gasteiger partial charge < -0.3 is 16.4 Å². The second-order valence-electron chi connectivity index (χ2n) is 4.29. The average molecular weight is 197 g/mol. The number of rotatable bonds is 3. The molecule has 1 saturated carbocycles. The van der Waals surface area contributed by atoms with Crippen molar-refractivity contribution in [3.63, 3.8) is 0 Å². The Bertz CT molecular complexity index is 273. The zero-order valence-electron chi connectivity index (χ0n) is 7.98. The fourth-order valence-electron chi connectivity index (χ4n) is 2.24. The summed E-state index contributed by atoms with van der Waals surface area (Å²) in [5.41, 5.74) is 10.5. The van der Waals surface area contributed by atoms with E-state index in [1.165, 1.54) is 0 Å². The van der Waals surface area contributed by atoms with E-state index < -0.39 is 11.9 Å². The number of piperidine rings is 2. The van der Waals surface area contributed by atoms with Crippen LogP contribution >= 0.6 is 0 Å². The minimum absolute atomic E-state index is 0.143. The quantitative estimate of drug-likeness (QED) is 0.587. The lowest BCUT2D eigenvalue weighted by atomic mass is 9.70. The summed E-state index contributed by atoms with van der Waals surface area (Å²) in [5.74, 6) is 0.410. The molecule has 78 valence electrons. The van der Waals surface area contributed by atoms with Gasteiger partial charge in [-0.3, -0.25) is 9.59 Å². The van der Waals surface area contributed by atoms with Gasteiger partial charge in [-0.15, -0.1) is 0 Å². The minimum Gasteiger partial charge on any atom is -0.368 e. The molecule has 3 rings (SSSR count). The molecule has 0 aromatic carbocycles. The molecule has 2 heterocycles. The van der Waals surface area contributed by atoms with Crippen LogP contribution in [0.5, 0.6) is 0 Å². The molecule has 0 aromatic heterocycles. The molecule has 3 fully saturated rings. The molecule has 2 saturated heterocycles. The first-order chi connectivity index (χ1) is 6.58. The number of nitrogens with two attached hydrogens (primary N) is 2. The van der Waals surface area contributed by atoms with E-state index in [9.17, 15) is 9.59 Å². The predicted octanol–water partition coefficient (Wildman–Crippen LogP) is -1.33. The summed E-state index contributed by atoms with van der Waals surface area (Å²) in [6.45, 7) is 1.03. The van der Waals surface area contributed by atoms with Crippen molar-refractivity contribution in [1.82, 2.24) is 4.90 Å². The molecule has 4 N–H and O–H groups in total. The van der Waals surface area contributed by atoms with Crippen LogP contribution in [0, 0.1) is 11.8 Å². The van der Waals surface area contributed by atoms with E-state index >= 15 is 0 Å². The van der Waals surface area contributed by atoms with Crippen molar-refractivity contribution in [3.8, 4) is 0 Å². The van der Waals surface area contributed by atoms with Crippen LogP contribution in [0.2, 0.25) is 0 Å². The fraction of sp³-hybridized carbons (Fsp3) is 0.778. The number of carbonyl (C=O) groups excluding carboxylic acids is 2. The van der Waals surface area contributed by atoms with Gasteiger partial charge in [0.1, 0.15) is 6.04 Å². The third-order valence-electron chi connectivity index (χ3n) is 3.16. The van der Waals surface area contributed by atoms with Gasteiger partial charge in [-0.1, -0.05) is 0 Å². The Kier molecular flexibility index (Phi) is 2.19. The van der Waals surface area contributed by atoms with Crippen LogP contribution in [0.15, 0.2) is 0 Å². The van der Waals surface area contributed by atoms with E-state index in [0.29, 0.717) is 5.92 Å². The minimum atomic E-state index is -0.726. The van der Waals surface area contributed by atoms with Gasteiger partial charge in [0, 0.05) is 19.0 Å². The highest BCUT2D eigenvalue weighted by molar-refractivity contribution is 5.84. The highest BCUT2D eigenvalue weighted by Crippen LogP contribution is 2.40. The molecule has 1 atom stereocenters. The third-order valence-corrected chi connectivity index (χ3v) is 3.16. The van der Waals surface area contributed by atoms with Crippen molar-refractivity contribution in [2.24, 2.45) is 23.3 Å². The number of fused-ring (bicyclic) bond motifs is 2. The van der Waals surface area contributed by atoms with Crippen molar-refractivity contribution < 1.29 is 9.59 Å². The van der Waals surface area contributed by atoms with Crippen LogP contribution < -0.4 is 11.5 Å². The van der Waals surface area contributed by atoms with Crippen molar-refractivity contribution in [2.45, 2.75) is 18.9 Å². The summed E-state index contributed by atoms with van der Waals surface area (Å²) in [6, 6.07) is -0.726. The number of hydrogen-bond acceptors (Lipinski definition) is 3. The average Bonchev–Trinajstić information content (AvgIpc) is 2.05. The second-order valence-corrected chi connectivity index (χ2v) is 4.29. The van der Waals surface area contributed by atoms with E-state index in [1.807, 2.05) is 0 Å². The SMILES string of the molecule is NC(=O)C(N)CN1CC2CC(C2)C1=O. The monoisotopic (exact) mass is 197 g/mol. The largest absolute Gasteiger partial charge is 0.368 e. The molecule has 0 spiro atoms. The number of hydrogen-bond donors (Lipinski definition) is 2. The van der Waals surface area contributed by atoms with Crippen LogP contribution in [0.25, 0.3) is 0 Å². The summed E-state index contributed by atoms with van der Waals surface area (Å²) < 4.78 is 0. The van der Waals surface area contributed by atoms with Crippen LogP contribution in [-0.2, 0) is 9.59 Å². The lowest BCUT2D eigenvalue weighted by Crippen LogP contribution is -2.57. The third kappa shape index (κ3) is 1.48. The zero-order chi connectivity index (χ0) is 10.3. The Morgan fingerprint density at radius 1 is 1.57 bits per heavy atom. The molecular weight excluding hydrogens is 182 g/mol. The zero-order valence-corrected chi connectivity index (χ0v) is 7.98. The number of primary amides is 1. The van der Waals surface area contributed by atoms with Crippen molar-refractivity contribution in [2.75, 3.05) is 13.1 Å². The van der Waals surface area contributed by atoms with E-state index in [0.717, 1.165) is 19.4 Å². The summed E-state index contributed by atoms with van der Waals surface area (Å²) in [6.07, 6.45) is 2.03. The second kappa shape index (κ2) is 3.24. The van der Waals surface area contributed by atoms with Gasteiger partial charge in [0.25, 0.3) is 0 Å². The van der Waals surface area contributed by atoms with Gasteiger partial charge in [-0.25, -0.2) is 0 Å². The highest BCUT2D eigenvalue weighted by atomic mass is 16.2. The van der Waals surface area contributed by atoms with E-state index in [2.05, 4.69) is 0 Å². The summed E-state index contributed by atoms with van der Waals surface area (Å²) in [7, 11) is 0. The lowest BCUT2D eigenvalue weighted by molar-refractivity contribution is -0.149. The number of carbonyl (C=O) groups is 2. The maximum Gasteiger partial charge on any atom is 0.236 e. The van der Waals surface area contributed by atoms with E-state index in [1.54, 1.807) is 4.90 Å². The first kappa shape index (κ1) is 9.45. The van der Waals surface area contributed by atoms with Crippen molar-refractivity contribution in [1.29, 1.82) is 0 Å². The van der Waals surface area contributed by atoms with Gasteiger partial charge >= 0.3 is 0 Å². The van der Waals surface area contributed by atoms with Crippen LogP contribution in [0.1, 0.15) is 12.8 Å². The lowest BCUT2D eigenvalue weighted by Gasteiger charge is -2.46. The molecule has 2 aliphatic heterocycles. The topological polar surface area (TPSA) is 89.4 Å². The Hall–Kier alpha value is -1.10. The van der Waals surface area contributed by atoms with Crippen molar-refractivity contribution >= 4 is 11.8 Å². The van der Waals surface area contributed by atoms with Gasteiger partial charge in [0.15, 0.2) is 0 Å². The Morgan fingerprint density at radius 2 is 2.21 bits per heavy atom. The molecule has 2 bridgehead atoms. The number of amides is 2. The molecule has 0 aromatic rings. The molecule has 0 radical (unpaired) electrons. The maximum absolute atomic E-state index is 11.6. The molecule has 2 amide bonds. The highest BCUT2D eigenvalue weighted by Gasteiger charge is 2.43. The first-order valence-corrected chi connectivity index (χ1v) is 4.91. The smallest absolute Gasteiger partial charge is 0.236 e. The molecule has 3 aliphatic rings. The number of nitrogens with zero attached hydrogens (tertiary/aromatic N) is 1. The van der Waals surface area contributed by atoms with Gasteiger partial charge in [-0.05, 0) is 18.8 Å². The molecule has 14 heavy (non-hydrogen) atoms. The maximum atomic E-state index is 11.6. The molecular formula is C9H15N3O2. The normalized spacial score (nSPS) is 32.4. The van der Waals surface area contributed by atoms with Crippen LogP contribution in [0.4, 0.5) is 0 Å². The fourth-order valence-corrected chi connectivity index (χ4v) is 2.24. The molecule has 5 heteroatoms. The van der Waals surface area contributed by atoms with E-state index in [-0.39, 0.29) is 18.4 Å².